The van der Waals surface area contributed by atoms with Crippen molar-refractivity contribution >= 4 is 5.69 Å². The topological polar surface area (TPSA) is 15.3 Å². The Morgan fingerprint density at radius 2 is 2.15 bits per heavy atom. The van der Waals surface area contributed by atoms with Crippen LogP contribution >= 0.6 is 0 Å². The molecule has 0 amide bonds. The Hall–Kier alpha value is -1.02. The molecule has 1 aliphatic rings. The molecule has 0 bridgehead atoms. The number of rotatable bonds is 6. The van der Waals surface area contributed by atoms with Crippen molar-refractivity contribution in [1.82, 2.24) is 5.32 Å². The number of benzene rings is 1. The Labute approximate surface area is 124 Å². The lowest BCUT2D eigenvalue weighted by Crippen LogP contribution is -2.35. The second-order valence-corrected chi connectivity index (χ2v) is 6.24. The van der Waals surface area contributed by atoms with Gasteiger partial charge in [0.2, 0.25) is 0 Å². The van der Waals surface area contributed by atoms with Crippen LogP contribution < -0.4 is 10.2 Å². The van der Waals surface area contributed by atoms with Crippen LogP contribution in [0.5, 0.6) is 0 Å². The number of anilines is 1. The molecule has 20 heavy (non-hydrogen) atoms. The first-order valence-electron chi connectivity index (χ1n) is 8.23. The van der Waals surface area contributed by atoms with Crippen LogP contribution in [0.3, 0.4) is 0 Å². The molecule has 0 saturated carbocycles. The van der Waals surface area contributed by atoms with Crippen LogP contribution in [0.1, 0.15) is 38.7 Å². The summed E-state index contributed by atoms with van der Waals surface area (Å²) in [6, 6.07) is 8.75. The zero-order chi connectivity index (χ0) is 14.4. The van der Waals surface area contributed by atoms with Crippen molar-refractivity contribution in [1.29, 1.82) is 0 Å². The molecule has 0 aliphatic carbocycles. The monoisotopic (exact) mass is 274 g/mol. The van der Waals surface area contributed by atoms with Crippen molar-refractivity contribution in [3.8, 4) is 0 Å². The summed E-state index contributed by atoms with van der Waals surface area (Å²) in [6.07, 6.45) is 4.06. The number of para-hydroxylation sites is 1. The van der Waals surface area contributed by atoms with Crippen molar-refractivity contribution in [2.45, 2.75) is 40.0 Å². The van der Waals surface area contributed by atoms with Gasteiger partial charge < -0.3 is 10.2 Å². The van der Waals surface area contributed by atoms with Gasteiger partial charge in [-0.05, 0) is 69.7 Å². The summed E-state index contributed by atoms with van der Waals surface area (Å²) in [5, 5.41) is 3.54. The van der Waals surface area contributed by atoms with Crippen molar-refractivity contribution in [3.63, 3.8) is 0 Å². The third-order valence-electron chi connectivity index (χ3n) is 4.83. The van der Waals surface area contributed by atoms with Crippen molar-refractivity contribution in [3.05, 3.63) is 29.8 Å². The van der Waals surface area contributed by atoms with Crippen LogP contribution in [0, 0.1) is 18.8 Å². The highest BCUT2D eigenvalue weighted by atomic mass is 15.1. The maximum Gasteiger partial charge on any atom is 0.0395 e. The fourth-order valence-electron chi connectivity index (χ4n) is 3.33. The minimum absolute atomic E-state index is 0.820. The molecule has 1 aliphatic heterocycles. The average Bonchev–Trinajstić information content (AvgIpc) is 2.50. The third kappa shape index (κ3) is 3.99. The molecule has 2 atom stereocenters. The summed E-state index contributed by atoms with van der Waals surface area (Å²) in [4.78, 5) is 2.53. The number of piperidine rings is 1. The number of nitrogens with zero attached hydrogens (tertiary/aromatic N) is 1. The minimum Gasteiger partial charge on any atom is -0.372 e. The standard InChI is InChI=1S/C18H30N2/c1-4-20(18-10-6-5-8-16(18)3)13-11-15(2)17-9-7-12-19-14-17/h5-6,8,10,15,17,19H,4,7,9,11-14H2,1-3H3. The fourth-order valence-corrected chi connectivity index (χ4v) is 3.33. The molecule has 1 fully saturated rings. The number of hydrogen-bond donors (Lipinski definition) is 1. The first-order valence-corrected chi connectivity index (χ1v) is 8.23. The van der Waals surface area contributed by atoms with Gasteiger partial charge >= 0.3 is 0 Å². The number of aryl methyl sites for hydroxylation is 1. The third-order valence-corrected chi connectivity index (χ3v) is 4.83. The Kier molecular flexibility index (Phi) is 5.90. The molecule has 2 heteroatoms. The van der Waals surface area contributed by atoms with Crippen molar-refractivity contribution in [2.24, 2.45) is 11.8 Å². The van der Waals surface area contributed by atoms with E-state index in [0.29, 0.717) is 0 Å². The first-order chi connectivity index (χ1) is 9.72. The van der Waals surface area contributed by atoms with Gasteiger partial charge in [0.15, 0.2) is 0 Å². The summed E-state index contributed by atoms with van der Waals surface area (Å²) in [6.45, 7) is 11.6. The largest absolute Gasteiger partial charge is 0.372 e. The molecule has 112 valence electrons. The van der Waals surface area contributed by atoms with E-state index in [4.69, 9.17) is 0 Å². The van der Waals surface area contributed by atoms with Crippen LogP contribution in [-0.2, 0) is 0 Å². The molecule has 1 heterocycles. The van der Waals surface area contributed by atoms with E-state index in [1.807, 2.05) is 0 Å². The summed E-state index contributed by atoms with van der Waals surface area (Å²) in [5.41, 5.74) is 2.80. The van der Waals surface area contributed by atoms with Gasteiger partial charge in [0.1, 0.15) is 0 Å². The van der Waals surface area contributed by atoms with E-state index in [-0.39, 0.29) is 0 Å². The highest BCUT2D eigenvalue weighted by molar-refractivity contribution is 5.52. The average molecular weight is 274 g/mol. The zero-order valence-corrected chi connectivity index (χ0v) is 13.4. The summed E-state index contributed by atoms with van der Waals surface area (Å²) < 4.78 is 0. The quantitative estimate of drug-likeness (QED) is 0.847. The molecule has 0 spiro atoms. The maximum absolute atomic E-state index is 3.54. The lowest BCUT2D eigenvalue weighted by Gasteiger charge is -2.31. The van der Waals surface area contributed by atoms with Gasteiger partial charge in [-0.25, -0.2) is 0 Å². The van der Waals surface area contributed by atoms with Gasteiger partial charge in [-0.1, -0.05) is 25.1 Å². The molecule has 1 N–H and O–H groups in total. The van der Waals surface area contributed by atoms with Gasteiger partial charge in [0.05, 0.1) is 0 Å². The molecule has 1 aromatic rings. The number of nitrogens with one attached hydrogen (secondary N) is 1. The molecule has 0 aromatic heterocycles. The van der Waals surface area contributed by atoms with E-state index >= 15 is 0 Å². The predicted molar refractivity (Wildman–Crippen MR) is 88.4 cm³/mol. The molecule has 1 aromatic carbocycles. The molecular weight excluding hydrogens is 244 g/mol. The fraction of sp³-hybridized carbons (Fsp3) is 0.667. The van der Waals surface area contributed by atoms with Crippen LogP contribution in [0.15, 0.2) is 24.3 Å². The van der Waals surface area contributed by atoms with E-state index in [0.717, 1.165) is 18.4 Å². The molecule has 0 radical (unpaired) electrons. The highest BCUT2D eigenvalue weighted by Crippen LogP contribution is 2.25. The second-order valence-electron chi connectivity index (χ2n) is 6.24. The van der Waals surface area contributed by atoms with E-state index in [9.17, 15) is 0 Å². The van der Waals surface area contributed by atoms with E-state index < -0.39 is 0 Å². The van der Waals surface area contributed by atoms with E-state index in [2.05, 4.69) is 55.3 Å². The van der Waals surface area contributed by atoms with Gasteiger partial charge in [-0.15, -0.1) is 0 Å². The van der Waals surface area contributed by atoms with Crippen molar-refractivity contribution < 1.29 is 0 Å². The first kappa shape index (κ1) is 15.4. The van der Waals surface area contributed by atoms with Crippen LogP contribution in [-0.4, -0.2) is 26.2 Å². The lowest BCUT2D eigenvalue weighted by molar-refractivity contribution is 0.269. The van der Waals surface area contributed by atoms with Gasteiger partial charge in [0, 0.05) is 18.8 Å². The van der Waals surface area contributed by atoms with Gasteiger partial charge in [0.25, 0.3) is 0 Å². The smallest absolute Gasteiger partial charge is 0.0395 e. The van der Waals surface area contributed by atoms with Crippen LogP contribution in [0.2, 0.25) is 0 Å². The Bertz CT molecular complexity index is 396. The van der Waals surface area contributed by atoms with Crippen LogP contribution in [0.4, 0.5) is 5.69 Å². The van der Waals surface area contributed by atoms with Crippen LogP contribution in [0.25, 0.3) is 0 Å². The Morgan fingerprint density at radius 1 is 1.35 bits per heavy atom. The molecular formula is C18H30N2. The summed E-state index contributed by atoms with van der Waals surface area (Å²) >= 11 is 0. The van der Waals surface area contributed by atoms with Gasteiger partial charge in [-0.3, -0.25) is 0 Å². The highest BCUT2D eigenvalue weighted by Gasteiger charge is 2.20. The minimum atomic E-state index is 0.820. The number of hydrogen-bond acceptors (Lipinski definition) is 2. The van der Waals surface area contributed by atoms with Gasteiger partial charge in [-0.2, -0.15) is 0 Å². The Balaban J connectivity index is 1.89. The van der Waals surface area contributed by atoms with E-state index in [1.165, 1.54) is 50.1 Å². The lowest BCUT2D eigenvalue weighted by atomic mass is 9.85. The Morgan fingerprint density at radius 3 is 2.80 bits per heavy atom. The normalized spacial score (nSPS) is 20.6. The summed E-state index contributed by atoms with van der Waals surface area (Å²) in [5.74, 6) is 1.69. The molecule has 2 rings (SSSR count). The molecule has 2 unspecified atom stereocenters. The predicted octanol–water partition coefficient (Wildman–Crippen LogP) is 3.85. The maximum atomic E-state index is 3.54. The van der Waals surface area contributed by atoms with Crippen molar-refractivity contribution in [2.75, 3.05) is 31.1 Å². The molecule has 1 saturated heterocycles. The summed E-state index contributed by atoms with van der Waals surface area (Å²) in [7, 11) is 0. The van der Waals surface area contributed by atoms with E-state index in [1.54, 1.807) is 0 Å². The SMILES string of the molecule is CCN(CCC(C)C1CCCNC1)c1ccccc1C. The molecule has 2 nitrogen and oxygen atoms in total. The second kappa shape index (κ2) is 7.68. The zero-order valence-electron chi connectivity index (χ0n) is 13.4.